The zero-order valence-electron chi connectivity index (χ0n) is 13.4. The molecule has 0 spiro atoms. The van der Waals surface area contributed by atoms with E-state index in [-0.39, 0.29) is 17.2 Å². The number of carbonyl (C=O) groups excluding carboxylic acids is 1. The summed E-state index contributed by atoms with van der Waals surface area (Å²) >= 11 is 0. The molecule has 0 unspecified atom stereocenters. The van der Waals surface area contributed by atoms with Crippen LogP contribution >= 0.6 is 0 Å². The van der Waals surface area contributed by atoms with Gasteiger partial charge in [-0.3, -0.25) is 9.78 Å². The highest BCUT2D eigenvalue weighted by Gasteiger charge is 2.12. The van der Waals surface area contributed by atoms with E-state index in [2.05, 4.69) is 15.6 Å². The molecule has 0 radical (unpaired) electrons. The number of nitrogens with one attached hydrogen (secondary N) is 2. The first-order valence-electron chi connectivity index (χ1n) is 7.57. The van der Waals surface area contributed by atoms with E-state index in [1.54, 1.807) is 6.07 Å². The summed E-state index contributed by atoms with van der Waals surface area (Å²) in [6, 6.07) is 12.4. The molecule has 1 aromatic heterocycles. The van der Waals surface area contributed by atoms with Crippen molar-refractivity contribution >= 4 is 23.0 Å². The Kier molecular flexibility index (Phi) is 4.70. The molecule has 0 aliphatic rings. The molecule has 3 aromatic rings. The van der Waals surface area contributed by atoms with Crippen molar-refractivity contribution in [2.45, 2.75) is 6.92 Å². The van der Waals surface area contributed by atoms with Crippen LogP contribution in [-0.4, -0.2) is 10.9 Å². The van der Waals surface area contributed by atoms with E-state index in [4.69, 9.17) is 0 Å². The number of pyridine rings is 1. The van der Waals surface area contributed by atoms with Crippen molar-refractivity contribution in [2.24, 2.45) is 0 Å². The van der Waals surface area contributed by atoms with Crippen LogP contribution in [0.2, 0.25) is 0 Å². The third-order valence-corrected chi connectivity index (χ3v) is 3.63. The molecular formula is C19H15F2N3O. The fourth-order valence-corrected chi connectivity index (χ4v) is 2.30. The number of aryl methyl sites for hydroxylation is 1. The van der Waals surface area contributed by atoms with Crippen LogP contribution in [0.5, 0.6) is 0 Å². The Hall–Kier alpha value is -3.28. The lowest BCUT2D eigenvalue weighted by Gasteiger charge is -2.11. The lowest BCUT2D eigenvalue weighted by atomic mass is 10.2. The number of para-hydroxylation sites is 2. The standard InChI is InChI=1S/C19H15F2N3O/c1-12-5-2-3-8-17(12)24-19(25)13-9-14(11-22-10-13)23-18-15(20)6-4-7-16(18)21/h2-11,23H,1H3,(H,24,25). The van der Waals surface area contributed by atoms with Crippen LogP contribution in [-0.2, 0) is 0 Å². The van der Waals surface area contributed by atoms with Crippen LogP contribution in [0.25, 0.3) is 0 Å². The molecular weight excluding hydrogens is 324 g/mol. The summed E-state index contributed by atoms with van der Waals surface area (Å²) in [5.41, 5.74) is 1.89. The zero-order valence-corrected chi connectivity index (χ0v) is 13.4. The molecule has 0 aliphatic heterocycles. The summed E-state index contributed by atoms with van der Waals surface area (Å²) < 4.78 is 27.4. The molecule has 1 heterocycles. The van der Waals surface area contributed by atoms with Crippen LogP contribution in [0.4, 0.5) is 25.8 Å². The SMILES string of the molecule is Cc1ccccc1NC(=O)c1cncc(Nc2c(F)cccc2F)c1. The molecule has 2 aromatic carbocycles. The van der Waals surface area contributed by atoms with Gasteiger partial charge in [0.05, 0.1) is 17.4 Å². The number of hydrogen-bond acceptors (Lipinski definition) is 3. The molecule has 1 amide bonds. The van der Waals surface area contributed by atoms with E-state index >= 15 is 0 Å². The van der Waals surface area contributed by atoms with Crippen molar-refractivity contribution in [3.63, 3.8) is 0 Å². The number of carbonyl (C=O) groups is 1. The molecule has 25 heavy (non-hydrogen) atoms. The number of rotatable bonds is 4. The van der Waals surface area contributed by atoms with Gasteiger partial charge in [0.1, 0.15) is 17.3 Å². The Morgan fingerprint density at radius 2 is 1.72 bits per heavy atom. The Balaban J connectivity index is 1.82. The topological polar surface area (TPSA) is 54.0 Å². The minimum atomic E-state index is -0.727. The van der Waals surface area contributed by atoms with Gasteiger partial charge in [-0.1, -0.05) is 24.3 Å². The minimum Gasteiger partial charge on any atom is -0.349 e. The summed E-state index contributed by atoms with van der Waals surface area (Å²) in [6.45, 7) is 1.88. The van der Waals surface area contributed by atoms with E-state index in [0.717, 1.165) is 17.7 Å². The van der Waals surface area contributed by atoms with Gasteiger partial charge in [0.25, 0.3) is 5.91 Å². The normalized spacial score (nSPS) is 10.4. The Morgan fingerprint density at radius 1 is 1.00 bits per heavy atom. The van der Waals surface area contributed by atoms with Gasteiger partial charge in [0.2, 0.25) is 0 Å². The van der Waals surface area contributed by atoms with Crippen molar-refractivity contribution in [1.29, 1.82) is 0 Å². The van der Waals surface area contributed by atoms with Crippen molar-refractivity contribution in [3.8, 4) is 0 Å². The summed E-state index contributed by atoms with van der Waals surface area (Å²) in [5, 5.41) is 5.40. The second-order valence-corrected chi connectivity index (χ2v) is 5.45. The number of hydrogen-bond donors (Lipinski definition) is 2. The minimum absolute atomic E-state index is 0.269. The summed E-state index contributed by atoms with van der Waals surface area (Å²) in [5.74, 6) is -1.82. The lowest BCUT2D eigenvalue weighted by molar-refractivity contribution is 0.102. The molecule has 2 N–H and O–H groups in total. The van der Waals surface area contributed by atoms with Gasteiger partial charge in [-0.2, -0.15) is 0 Å². The number of anilines is 3. The number of halogens is 2. The fraction of sp³-hybridized carbons (Fsp3) is 0.0526. The third-order valence-electron chi connectivity index (χ3n) is 3.63. The van der Waals surface area contributed by atoms with Crippen LogP contribution in [0, 0.1) is 18.6 Å². The quantitative estimate of drug-likeness (QED) is 0.727. The maximum Gasteiger partial charge on any atom is 0.257 e. The van der Waals surface area contributed by atoms with Crippen molar-refractivity contribution in [1.82, 2.24) is 4.98 Å². The average molecular weight is 339 g/mol. The first kappa shape index (κ1) is 16.6. The maximum absolute atomic E-state index is 13.7. The fourth-order valence-electron chi connectivity index (χ4n) is 2.30. The van der Waals surface area contributed by atoms with Gasteiger partial charge < -0.3 is 10.6 Å². The monoisotopic (exact) mass is 339 g/mol. The molecule has 126 valence electrons. The molecule has 0 aliphatic carbocycles. The maximum atomic E-state index is 13.7. The Morgan fingerprint density at radius 3 is 2.44 bits per heavy atom. The predicted octanol–water partition coefficient (Wildman–Crippen LogP) is 4.66. The van der Waals surface area contributed by atoms with E-state index in [0.29, 0.717) is 11.4 Å². The van der Waals surface area contributed by atoms with Gasteiger partial charge in [-0.15, -0.1) is 0 Å². The molecule has 3 rings (SSSR count). The summed E-state index contributed by atoms with van der Waals surface area (Å²) in [7, 11) is 0. The molecule has 0 bridgehead atoms. The van der Waals surface area contributed by atoms with Gasteiger partial charge >= 0.3 is 0 Å². The lowest BCUT2D eigenvalue weighted by Crippen LogP contribution is -2.13. The molecule has 0 atom stereocenters. The average Bonchev–Trinajstić information content (AvgIpc) is 2.60. The number of nitrogens with zero attached hydrogens (tertiary/aromatic N) is 1. The molecule has 0 fully saturated rings. The van der Waals surface area contributed by atoms with Crippen molar-refractivity contribution < 1.29 is 13.6 Å². The predicted molar refractivity (Wildman–Crippen MR) is 93.0 cm³/mol. The largest absolute Gasteiger partial charge is 0.349 e. The second kappa shape index (κ2) is 7.09. The summed E-state index contributed by atoms with van der Waals surface area (Å²) in [4.78, 5) is 16.3. The van der Waals surface area contributed by atoms with E-state index in [9.17, 15) is 13.6 Å². The third kappa shape index (κ3) is 3.80. The van der Waals surface area contributed by atoms with E-state index in [1.165, 1.54) is 24.5 Å². The highest BCUT2D eigenvalue weighted by molar-refractivity contribution is 6.05. The van der Waals surface area contributed by atoms with E-state index in [1.807, 2.05) is 25.1 Å². The van der Waals surface area contributed by atoms with Gasteiger partial charge in [-0.05, 0) is 36.8 Å². The second-order valence-electron chi connectivity index (χ2n) is 5.45. The Bertz CT molecular complexity index is 908. The van der Waals surface area contributed by atoms with Crippen LogP contribution in [0.3, 0.4) is 0 Å². The number of benzene rings is 2. The molecule has 4 nitrogen and oxygen atoms in total. The number of aromatic nitrogens is 1. The summed E-state index contributed by atoms with van der Waals surface area (Å²) in [6.07, 6.45) is 2.77. The van der Waals surface area contributed by atoms with Crippen molar-refractivity contribution in [3.05, 3.63) is 83.7 Å². The molecule has 0 saturated heterocycles. The van der Waals surface area contributed by atoms with Crippen LogP contribution in [0.15, 0.2) is 60.9 Å². The molecule has 6 heteroatoms. The highest BCUT2D eigenvalue weighted by Crippen LogP contribution is 2.23. The highest BCUT2D eigenvalue weighted by atomic mass is 19.1. The van der Waals surface area contributed by atoms with Gasteiger partial charge in [-0.25, -0.2) is 8.78 Å². The first-order chi connectivity index (χ1) is 12.0. The van der Waals surface area contributed by atoms with Gasteiger partial charge in [0, 0.05) is 11.9 Å². The van der Waals surface area contributed by atoms with Crippen molar-refractivity contribution in [2.75, 3.05) is 10.6 Å². The Labute approximate surface area is 143 Å². The van der Waals surface area contributed by atoms with Gasteiger partial charge in [0.15, 0.2) is 0 Å². The first-order valence-corrected chi connectivity index (χ1v) is 7.57. The number of amides is 1. The smallest absolute Gasteiger partial charge is 0.257 e. The van der Waals surface area contributed by atoms with Crippen LogP contribution in [0.1, 0.15) is 15.9 Å². The molecule has 0 saturated carbocycles. The zero-order chi connectivity index (χ0) is 17.8. The van der Waals surface area contributed by atoms with E-state index < -0.39 is 11.6 Å². The van der Waals surface area contributed by atoms with Crippen LogP contribution < -0.4 is 10.6 Å².